The van der Waals surface area contributed by atoms with E-state index < -0.39 is 30.1 Å². The van der Waals surface area contributed by atoms with E-state index in [4.69, 9.17) is 9.47 Å². The number of aromatic nitrogens is 1. The zero-order valence-electron chi connectivity index (χ0n) is 22.5. The Bertz CT molecular complexity index is 1480. The van der Waals surface area contributed by atoms with E-state index in [1.807, 2.05) is 54.6 Å². The summed E-state index contributed by atoms with van der Waals surface area (Å²) in [5.41, 5.74) is 1.75. The molecule has 3 aromatic carbocycles. The zero-order chi connectivity index (χ0) is 28.5. The van der Waals surface area contributed by atoms with Crippen LogP contribution in [0.25, 0.3) is 10.9 Å². The van der Waals surface area contributed by atoms with Crippen LogP contribution in [0.1, 0.15) is 41.8 Å². The molecule has 8 nitrogen and oxygen atoms in total. The number of amides is 1. The highest BCUT2D eigenvalue weighted by Gasteiger charge is 2.36. The van der Waals surface area contributed by atoms with Gasteiger partial charge in [-0.1, -0.05) is 78.9 Å². The van der Waals surface area contributed by atoms with Gasteiger partial charge >= 0.3 is 12.1 Å². The summed E-state index contributed by atoms with van der Waals surface area (Å²) in [5.74, 6) is -1.38. The van der Waals surface area contributed by atoms with Gasteiger partial charge in [0.25, 0.3) is 0 Å². The molecule has 1 amide bonds. The van der Waals surface area contributed by atoms with Crippen LogP contribution in [0.3, 0.4) is 0 Å². The van der Waals surface area contributed by atoms with Crippen molar-refractivity contribution in [3.63, 3.8) is 0 Å². The Kier molecular flexibility index (Phi) is 9.11. The van der Waals surface area contributed by atoms with Crippen molar-refractivity contribution in [2.45, 2.75) is 39.3 Å². The van der Waals surface area contributed by atoms with Crippen LogP contribution >= 0.6 is 0 Å². The lowest BCUT2D eigenvalue weighted by Crippen LogP contribution is -2.45. The van der Waals surface area contributed by atoms with Gasteiger partial charge in [0.05, 0.1) is 11.5 Å². The molecule has 1 heterocycles. The number of hydrogen-bond acceptors (Lipinski definition) is 6. The second-order valence-corrected chi connectivity index (χ2v) is 10.2. The van der Waals surface area contributed by atoms with E-state index in [1.165, 1.54) is 0 Å². The van der Waals surface area contributed by atoms with Crippen LogP contribution in [-0.2, 0) is 32.1 Å². The maximum atomic E-state index is 13.5. The first-order valence-electron chi connectivity index (χ1n) is 13.0. The first-order chi connectivity index (χ1) is 19.2. The van der Waals surface area contributed by atoms with E-state index in [0.29, 0.717) is 5.56 Å². The molecule has 2 N–H and O–H groups in total. The molecular formula is C32H32N2O6. The average molecular weight is 541 g/mol. The van der Waals surface area contributed by atoms with Gasteiger partial charge in [0.1, 0.15) is 6.61 Å². The third-order valence-corrected chi connectivity index (χ3v) is 6.59. The molecule has 0 bridgehead atoms. The van der Waals surface area contributed by atoms with E-state index >= 15 is 0 Å². The number of nitrogens with one attached hydrogen (secondary N) is 2. The number of rotatable bonds is 12. The van der Waals surface area contributed by atoms with Gasteiger partial charge in [-0.2, -0.15) is 0 Å². The van der Waals surface area contributed by atoms with Gasteiger partial charge in [-0.05, 0) is 31.0 Å². The Balaban J connectivity index is 1.43. The number of aromatic amines is 1. The highest BCUT2D eigenvalue weighted by molar-refractivity contribution is 5.98. The topological polar surface area (TPSA) is 115 Å². The molecule has 0 spiro atoms. The fourth-order valence-electron chi connectivity index (χ4n) is 4.34. The molecule has 1 aromatic heterocycles. The highest BCUT2D eigenvalue weighted by atomic mass is 16.5. The molecule has 0 fully saturated rings. The number of ether oxygens (including phenoxy) is 2. The summed E-state index contributed by atoms with van der Waals surface area (Å²) in [6.45, 7) is 2.78. The van der Waals surface area contributed by atoms with E-state index in [2.05, 4.69) is 10.3 Å². The Morgan fingerprint density at radius 3 is 2.23 bits per heavy atom. The van der Waals surface area contributed by atoms with Gasteiger partial charge in [-0.3, -0.25) is 14.4 Å². The second-order valence-electron chi connectivity index (χ2n) is 10.2. The lowest BCUT2D eigenvalue weighted by molar-refractivity contribution is -0.154. The average Bonchev–Trinajstić information content (AvgIpc) is 3.37. The standard InChI is InChI=1S/C32H32N2O6/c1-32(2,30(37)39-21-29(36)23-13-7-4-8-14-23)18-28(35)27(17-24-19-33-26-16-10-9-15-25(24)26)34-31(38)40-20-22-11-5-3-6-12-22/h3-16,19,27,33H,17-18,20-21H2,1-2H3,(H,34,38)/t27-/m1/s1. The van der Waals surface area contributed by atoms with Crippen LogP contribution in [0.2, 0.25) is 0 Å². The molecule has 0 radical (unpaired) electrons. The number of alkyl carbamates (subject to hydrolysis) is 1. The number of hydrogen-bond donors (Lipinski definition) is 2. The van der Waals surface area contributed by atoms with E-state index in [9.17, 15) is 19.2 Å². The number of H-pyrrole nitrogens is 1. The maximum Gasteiger partial charge on any atom is 0.408 e. The van der Waals surface area contributed by atoms with Gasteiger partial charge in [-0.25, -0.2) is 4.79 Å². The van der Waals surface area contributed by atoms with Crippen molar-refractivity contribution in [2.75, 3.05) is 6.61 Å². The Morgan fingerprint density at radius 2 is 1.50 bits per heavy atom. The van der Waals surface area contributed by atoms with Gasteiger partial charge in [-0.15, -0.1) is 0 Å². The van der Waals surface area contributed by atoms with Crippen molar-refractivity contribution in [1.29, 1.82) is 0 Å². The number of Topliss-reactive ketones (excluding diaryl/α,β-unsaturated/α-hetero) is 2. The molecule has 1 atom stereocenters. The summed E-state index contributed by atoms with van der Waals surface area (Å²) in [5, 5.41) is 3.62. The predicted molar refractivity (Wildman–Crippen MR) is 151 cm³/mol. The Morgan fingerprint density at radius 1 is 0.850 bits per heavy atom. The molecule has 8 heteroatoms. The van der Waals surface area contributed by atoms with Crippen LogP contribution in [0.15, 0.2) is 91.1 Å². The molecule has 0 unspecified atom stereocenters. The molecule has 0 saturated heterocycles. The summed E-state index contributed by atoms with van der Waals surface area (Å²) in [6, 6.07) is 24.4. The van der Waals surface area contributed by atoms with Crippen molar-refractivity contribution < 1.29 is 28.7 Å². The monoisotopic (exact) mass is 540 g/mol. The molecule has 4 rings (SSSR count). The third kappa shape index (κ3) is 7.44. The number of para-hydroxylation sites is 1. The van der Waals surface area contributed by atoms with Crippen molar-refractivity contribution in [3.8, 4) is 0 Å². The largest absolute Gasteiger partial charge is 0.457 e. The fourth-order valence-corrected chi connectivity index (χ4v) is 4.34. The smallest absolute Gasteiger partial charge is 0.408 e. The maximum absolute atomic E-state index is 13.5. The zero-order valence-corrected chi connectivity index (χ0v) is 22.5. The SMILES string of the molecule is CC(C)(CC(=O)[C@@H](Cc1c[nH]c2ccccc12)NC(=O)OCc1ccccc1)C(=O)OCC(=O)c1ccccc1. The minimum Gasteiger partial charge on any atom is -0.457 e. The summed E-state index contributed by atoms with van der Waals surface area (Å²) >= 11 is 0. The van der Waals surface area contributed by atoms with Crippen LogP contribution in [0.4, 0.5) is 4.79 Å². The van der Waals surface area contributed by atoms with Gasteiger partial charge in [0, 0.05) is 35.5 Å². The first-order valence-corrected chi connectivity index (χ1v) is 13.0. The van der Waals surface area contributed by atoms with Crippen molar-refractivity contribution in [1.82, 2.24) is 10.3 Å². The normalized spacial score (nSPS) is 11.9. The molecule has 40 heavy (non-hydrogen) atoms. The molecule has 0 aliphatic rings. The summed E-state index contributed by atoms with van der Waals surface area (Å²) < 4.78 is 10.6. The molecule has 206 valence electrons. The van der Waals surface area contributed by atoms with Crippen LogP contribution in [0.5, 0.6) is 0 Å². The van der Waals surface area contributed by atoms with Gasteiger partial charge < -0.3 is 19.8 Å². The molecule has 0 aliphatic heterocycles. The lowest BCUT2D eigenvalue weighted by atomic mass is 9.84. The van der Waals surface area contributed by atoms with Crippen molar-refractivity contribution in [3.05, 3.63) is 108 Å². The molecular weight excluding hydrogens is 508 g/mol. The number of carbonyl (C=O) groups excluding carboxylic acids is 4. The minimum absolute atomic E-state index is 0.0495. The van der Waals surface area contributed by atoms with Crippen molar-refractivity contribution in [2.24, 2.45) is 5.41 Å². The van der Waals surface area contributed by atoms with Crippen LogP contribution < -0.4 is 5.32 Å². The van der Waals surface area contributed by atoms with Crippen molar-refractivity contribution >= 4 is 34.5 Å². The van der Waals surface area contributed by atoms with Crippen LogP contribution in [-0.4, -0.2) is 41.3 Å². The number of carbonyl (C=O) groups is 4. The second kappa shape index (κ2) is 12.9. The number of ketones is 2. The molecule has 0 saturated carbocycles. The summed E-state index contributed by atoms with van der Waals surface area (Å²) in [4.78, 5) is 54.7. The quantitative estimate of drug-likeness (QED) is 0.183. The first kappa shape index (κ1) is 28.3. The summed E-state index contributed by atoms with van der Waals surface area (Å²) in [6.07, 6.45) is 1.05. The predicted octanol–water partition coefficient (Wildman–Crippen LogP) is 5.42. The highest BCUT2D eigenvalue weighted by Crippen LogP contribution is 2.26. The minimum atomic E-state index is -1.23. The third-order valence-electron chi connectivity index (χ3n) is 6.59. The number of benzene rings is 3. The fraction of sp³-hybridized carbons (Fsp3) is 0.250. The molecule has 4 aromatic rings. The van der Waals surface area contributed by atoms with E-state index in [0.717, 1.165) is 22.0 Å². The number of fused-ring (bicyclic) bond motifs is 1. The van der Waals surface area contributed by atoms with E-state index in [1.54, 1.807) is 50.4 Å². The lowest BCUT2D eigenvalue weighted by Gasteiger charge is -2.25. The molecule has 0 aliphatic carbocycles. The van der Waals surface area contributed by atoms with Crippen LogP contribution in [0, 0.1) is 5.41 Å². The van der Waals surface area contributed by atoms with Gasteiger partial charge in [0.15, 0.2) is 18.2 Å². The van der Waals surface area contributed by atoms with Gasteiger partial charge in [0.2, 0.25) is 0 Å². The van der Waals surface area contributed by atoms with E-state index in [-0.39, 0.29) is 31.0 Å². The Hall–Kier alpha value is -4.72. The Labute approximate surface area is 232 Å². The number of esters is 1. The summed E-state index contributed by atoms with van der Waals surface area (Å²) in [7, 11) is 0.